The number of hydrogen-bond acceptors (Lipinski definition) is 4. The van der Waals surface area contributed by atoms with Crippen molar-refractivity contribution in [2.75, 3.05) is 4.43 Å². The maximum atomic E-state index is 13.1. The Hall–Kier alpha value is -2.28. The average Bonchev–Trinajstić information content (AvgIpc) is 2.72. The van der Waals surface area contributed by atoms with Crippen LogP contribution < -0.4 is 0 Å². The van der Waals surface area contributed by atoms with E-state index in [1.54, 1.807) is 0 Å². The fourth-order valence-corrected chi connectivity index (χ4v) is 3.49. The van der Waals surface area contributed by atoms with Crippen molar-refractivity contribution in [3.63, 3.8) is 0 Å². The fraction of sp³-hybridized carbons (Fsp3) is 0.292. The minimum atomic E-state index is -0.614. The van der Waals surface area contributed by atoms with Gasteiger partial charge in [0, 0.05) is 11.8 Å². The van der Waals surface area contributed by atoms with E-state index >= 15 is 0 Å². The average molecular weight is 503 g/mol. The number of carbonyl (C=O) groups is 1. The van der Waals surface area contributed by atoms with Crippen molar-refractivity contribution in [1.29, 1.82) is 0 Å². The van der Waals surface area contributed by atoms with Gasteiger partial charge in [-0.1, -0.05) is 83.3 Å². The molecule has 1 atom stereocenters. The molecule has 2 aromatic rings. The third-order valence-electron chi connectivity index (χ3n) is 4.45. The van der Waals surface area contributed by atoms with Crippen molar-refractivity contribution in [2.45, 2.75) is 39.3 Å². The summed E-state index contributed by atoms with van der Waals surface area (Å²) in [6.45, 7) is 7.69. The Morgan fingerprint density at radius 2 is 1.66 bits per heavy atom. The highest BCUT2D eigenvalue weighted by Gasteiger charge is 2.33. The molecule has 0 aromatic heterocycles. The minimum Gasteiger partial charge on any atom is -0.454 e. The van der Waals surface area contributed by atoms with Crippen LogP contribution in [0.15, 0.2) is 78.4 Å². The van der Waals surface area contributed by atoms with Crippen molar-refractivity contribution in [3.05, 3.63) is 89.5 Å². The summed E-state index contributed by atoms with van der Waals surface area (Å²) in [5.74, 6) is 0.481. The summed E-state index contributed by atoms with van der Waals surface area (Å²) in [7, 11) is 0. The third kappa shape index (κ3) is 5.21. The molecule has 29 heavy (non-hydrogen) atoms. The number of ether oxygens (including phenoxy) is 2. The molecule has 4 nitrogen and oxygen atoms in total. The molecule has 1 aliphatic heterocycles. The molecule has 0 amide bonds. The molecule has 5 heteroatoms. The zero-order chi connectivity index (χ0) is 21.0. The van der Waals surface area contributed by atoms with E-state index in [0.29, 0.717) is 15.9 Å². The zero-order valence-electron chi connectivity index (χ0n) is 17.2. The van der Waals surface area contributed by atoms with Gasteiger partial charge in [-0.25, -0.2) is 4.79 Å². The summed E-state index contributed by atoms with van der Waals surface area (Å²) < 4.78 is 12.4. The highest BCUT2D eigenvalue weighted by molar-refractivity contribution is 14.1. The van der Waals surface area contributed by atoms with Crippen LogP contribution in [-0.4, -0.2) is 20.9 Å². The van der Waals surface area contributed by atoms with E-state index in [-0.39, 0.29) is 11.8 Å². The third-order valence-corrected chi connectivity index (χ3v) is 5.20. The second kappa shape index (κ2) is 9.03. The van der Waals surface area contributed by atoms with Gasteiger partial charge in [0.1, 0.15) is 11.4 Å². The van der Waals surface area contributed by atoms with Gasteiger partial charge in [0.15, 0.2) is 0 Å². The topological polar surface area (TPSA) is 38.8 Å². The molecule has 0 saturated carbocycles. The number of nitrogens with zero attached hydrogens (tertiary/aromatic N) is 1. The number of alkyl halides is 1. The molecule has 0 radical (unpaired) electrons. The fourth-order valence-electron chi connectivity index (χ4n) is 3.14. The SMILES string of the molecule is CC(c1ccccc1)N1C=C(CI)OC(C(=O)OC(C)(C)C)=C1c1ccccc1. The lowest BCUT2D eigenvalue weighted by atomic mass is 10.0. The summed E-state index contributed by atoms with van der Waals surface area (Å²) >= 11 is 2.24. The number of benzene rings is 2. The number of carbonyl (C=O) groups excluding carboxylic acids is 1. The molecule has 0 N–H and O–H groups in total. The molecule has 2 aromatic carbocycles. The van der Waals surface area contributed by atoms with E-state index in [0.717, 1.165) is 11.1 Å². The van der Waals surface area contributed by atoms with Gasteiger partial charge in [0.25, 0.3) is 0 Å². The lowest BCUT2D eigenvalue weighted by Crippen LogP contribution is -2.32. The molecular weight excluding hydrogens is 477 g/mol. The van der Waals surface area contributed by atoms with Crippen LogP contribution in [0, 0.1) is 0 Å². The van der Waals surface area contributed by atoms with Crippen molar-refractivity contribution >= 4 is 34.3 Å². The highest BCUT2D eigenvalue weighted by atomic mass is 127. The number of hydrogen-bond donors (Lipinski definition) is 0. The van der Waals surface area contributed by atoms with Crippen LogP contribution in [0.5, 0.6) is 0 Å². The molecule has 0 bridgehead atoms. The van der Waals surface area contributed by atoms with Crippen molar-refractivity contribution in [3.8, 4) is 0 Å². The Morgan fingerprint density at radius 1 is 1.07 bits per heavy atom. The lowest BCUT2D eigenvalue weighted by Gasteiger charge is -2.36. The summed E-state index contributed by atoms with van der Waals surface area (Å²) in [6, 6.07) is 20.1. The molecule has 0 saturated heterocycles. The van der Waals surface area contributed by atoms with E-state index in [1.165, 1.54) is 0 Å². The van der Waals surface area contributed by atoms with Crippen molar-refractivity contribution in [1.82, 2.24) is 4.90 Å². The van der Waals surface area contributed by atoms with Gasteiger partial charge >= 0.3 is 5.97 Å². The first-order valence-electron chi connectivity index (χ1n) is 9.61. The molecule has 152 valence electrons. The van der Waals surface area contributed by atoms with Gasteiger partial charge in [-0.2, -0.15) is 0 Å². The molecule has 1 heterocycles. The van der Waals surface area contributed by atoms with E-state index in [2.05, 4.69) is 46.5 Å². The van der Waals surface area contributed by atoms with Gasteiger partial charge in [-0.05, 0) is 33.3 Å². The number of allylic oxidation sites excluding steroid dienone is 1. The number of halogens is 1. The predicted molar refractivity (Wildman–Crippen MR) is 124 cm³/mol. The normalized spacial score (nSPS) is 15.5. The highest BCUT2D eigenvalue weighted by Crippen LogP contribution is 2.38. The monoisotopic (exact) mass is 503 g/mol. The van der Waals surface area contributed by atoms with Gasteiger partial charge in [-0.3, -0.25) is 0 Å². The number of rotatable bonds is 5. The standard InChI is InChI=1S/C24H26INO3/c1-17(18-11-7-5-8-12-18)26-16-20(15-25)28-22(23(27)29-24(2,3)4)21(26)19-13-9-6-10-14-19/h5-14,16-17H,15H2,1-4H3. The lowest BCUT2D eigenvalue weighted by molar-refractivity contribution is -0.153. The van der Waals surface area contributed by atoms with Crippen LogP contribution in [-0.2, 0) is 14.3 Å². The van der Waals surface area contributed by atoms with Gasteiger partial charge in [0.2, 0.25) is 5.76 Å². The minimum absolute atomic E-state index is 0.00527. The van der Waals surface area contributed by atoms with Crippen LogP contribution in [0.25, 0.3) is 5.70 Å². The molecule has 1 unspecified atom stereocenters. The van der Waals surface area contributed by atoms with Gasteiger partial charge in [0.05, 0.1) is 16.2 Å². The maximum Gasteiger partial charge on any atom is 0.377 e. The molecule has 3 rings (SSSR count). The second-order valence-corrected chi connectivity index (χ2v) is 8.63. The van der Waals surface area contributed by atoms with Crippen LogP contribution in [0.4, 0.5) is 0 Å². The predicted octanol–water partition coefficient (Wildman–Crippen LogP) is 6.07. The quantitative estimate of drug-likeness (QED) is 0.282. The van der Waals surface area contributed by atoms with Crippen molar-refractivity contribution < 1.29 is 14.3 Å². The van der Waals surface area contributed by atoms with E-state index in [1.807, 2.05) is 75.5 Å². The van der Waals surface area contributed by atoms with E-state index in [4.69, 9.17) is 9.47 Å². The summed E-state index contributed by atoms with van der Waals surface area (Å²) in [5.41, 5.74) is 2.15. The van der Waals surface area contributed by atoms with Crippen LogP contribution in [0.3, 0.4) is 0 Å². The Labute approximate surface area is 186 Å². The summed E-state index contributed by atoms with van der Waals surface area (Å²) in [4.78, 5) is 15.2. The van der Waals surface area contributed by atoms with Crippen molar-refractivity contribution in [2.24, 2.45) is 0 Å². The zero-order valence-corrected chi connectivity index (χ0v) is 19.3. The molecule has 0 fully saturated rings. The Kier molecular flexibility index (Phi) is 6.67. The Balaban J connectivity index is 2.15. The first kappa shape index (κ1) is 21.4. The second-order valence-electron chi connectivity index (χ2n) is 7.87. The number of esters is 1. The maximum absolute atomic E-state index is 13.1. The first-order valence-corrected chi connectivity index (χ1v) is 11.1. The van der Waals surface area contributed by atoms with E-state index < -0.39 is 11.6 Å². The Bertz CT molecular complexity index is 914. The van der Waals surface area contributed by atoms with Gasteiger partial charge < -0.3 is 14.4 Å². The van der Waals surface area contributed by atoms with Gasteiger partial charge in [-0.15, -0.1) is 0 Å². The summed E-state index contributed by atoms with van der Waals surface area (Å²) in [5, 5.41) is 0. The molecule has 0 spiro atoms. The van der Waals surface area contributed by atoms with Crippen LogP contribution in [0.2, 0.25) is 0 Å². The first-order chi connectivity index (χ1) is 13.8. The summed E-state index contributed by atoms with van der Waals surface area (Å²) in [6.07, 6.45) is 1.99. The molecule has 1 aliphatic rings. The molecule has 0 aliphatic carbocycles. The van der Waals surface area contributed by atoms with E-state index in [9.17, 15) is 4.79 Å². The smallest absolute Gasteiger partial charge is 0.377 e. The Morgan fingerprint density at radius 3 is 2.21 bits per heavy atom. The molecular formula is C24H26INO3. The van der Waals surface area contributed by atoms with Crippen LogP contribution >= 0.6 is 22.6 Å². The largest absolute Gasteiger partial charge is 0.454 e. The van der Waals surface area contributed by atoms with Crippen LogP contribution in [0.1, 0.15) is 44.9 Å².